The summed E-state index contributed by atoms with van der Waals surface area (Å²) in [4.78, 5) is 27.0. The molecular formula is C23H31N3O5. The van der Waals surface area contributed by atoms with Crippen molar-refractivity contribution in [3.05, 3.63) is 36.0 Å². The molecule has 0 spiro atoms. The van der Waals surface area contributed by atoms with E-state index in [1.165, 1.54) is 0 Å². The summed E-state index contributed by atoms with van der Waals surface area (Å²) in [7, 11) is 1.59. The molecule has 1 aliphatic rings. The molecule has 0 radical (unpaired) electrons. The number of carbonyl (C=O) groups excluding carboxylic acids is 2. The van der Waals surface area contributed by atoms with Crippen LogP contribution in [0.15, 0.2) is 34.9 Å². The van der Waals surface area contributed by atoms with Gasteiger partial charge in [0.1, 0.15) is 5.75 Å². The summed E-state index contributed by atoms with van der Waals surface area (Å²) in [6.45, 7) is 6.18. The lowest BCUT2D eigenvalue weighted by molar-refractivity contribution is -0.121. The van der Waals surface area contributed by atoms with Gasteiger partial charge in [-0.05, 0) is 30.9 Å². The van der Waals surface area contributed by atoms with Gasteiger partial charge >= 0.3 is 0 Å². The molecule has 1 aromatic carbocycles. The van der Waals surface area contributed by atoms with Crippen LogP contribution in [0, 0.1) is 5.92 Å². The molecule has 2 heterocycles. The summed E-state index contributed by atoms with van der Waals surface area (Å²) in [6.07, 6.45) is 2.33. The summed E-state index contributed by atoms with van der Waals surface area (Å²) in [5.41, 5.74) is 0.994. The number of nitrogens with zero attached hydrogens (tertiary/aromatic N) is 2. The molecule has 0 bridgehead atoms. The Hall–Kier alpha value is -2.87. The summed E-state index contributed by atoms with van der Waals surface area (Å²) in [5.74, 6) is 1.09. The first-order valence-electron chi connectivity index (χ1n) is 10.7. The topological polar surface area (TPSA) is 93.9 Å². The zero-order valence-corrected chi connectivity index (χ0v) is 18.4. The number of hydrogen-bond donors (Lipinski definition) is 1. The lowest BCUT2D eigenvalue weighted by Crippen LogP contribution is -2.39. The van der Waals surface area contributed by atoms with E-state index in [0.29, 0.717) is 31.1 Å². The van der Waals surface area contributed by atoms with Crippen molar-refractivity contribution in [2.24, 2.45) is 5.92 Å². The minimum absolute atomic E-state index is 0.0886. The van der Waals surface area contributed by atoms with Crippen molar-refractivity contribution < 1.29 is 23.6 Å². The third-order valence-electron chi connectivity index (χ3n) is 5.12. The highest BCUT2D eigenvalue weighted by molar-refractivity contribution is 5.93. The Kier molecular flexibility index (Phi) is 8.06. The smallest absolute Gasteiger partial charge is 0.276 e. The maximum Gasteiger partial charge on any atom is 0.276 e. The van der Waals surface area contributed by atoms with E-state index in [1.54, 1.807) is 18.1 Å². The summed E-state index contributed by atoms with van der Waals surface area (Å²) in [5, 5.41) is 6.87. The van der Waals surface area contributed by atoms with E-state index >= 15 is 0 Å². The molecule has 2 aromatic rings. The second-order valence-corrected chi connectivity index (χ2v) is 8.14. The number of amides is 2. The minimum atomic E-state index is -0.251. The molecule has 168 valence electrons. The van der Waals surface area contributed by atoms with Crippen LogP contribution in [0.1, 0.15) is 43.6 Å². The Morgan fingerprint density at radius 2 is 2.16 bits per heavy atom. The molecule has 8 heteroatoms. The molecule has 3 rings (SSSR count). The van der Waals surface area contributed by atoms with Crippen LogP contribution in [-0.2, 0) is 9.53 Å². The summed E-state index contributed by atoms with van der Waals surface area (Å²) < 4.78 is 16.2. The average molecular weight is 430 g/mol. The Bertz CT molecular complexity index is 874. The Balaban J connectivity index is 1.61. The van der Waals surface area contributed by atoms with Crippen molar-refractivity contribution >= 4 is 11.8 Å². The highest BCUT2D eigenvalue weighted by Gasteiger charge is 2.23. The van der Waals surface area contributed by atoms with Crippen molar-refractivity contribution in [3.63, 3.8) is 0 Å². The lowest BCUT2D eigenvalue weighted by atomic mass is 10.1. The van der Waals surface area contributed by atoms with E-state index in [2.05, 4.69) is 10.5 Å². The third-order valence-corrected chi connectivity index (χ3v) is 5.12. The highest BCUT2D eigenvalue weighted by atomic mass is 16.5. The van der Waals surface area contributed by atoms with Crippen molar-refractivity contribution in [2.45, 2.75) is 39.2 Å². The number of ether oxygens (including phenoxy) is 2. The summed E-state index contributed by atoms with van der Waals surface area (Å²) in [6, 6.07) is 8.99. The average Bonchev–Trinajstić information content (AvgIpc) is 3.46. The monoisotopic (exact) mass is 429 g/mol. The minimum Gasteiger partial charge on any atom is -0.497 e. The number of methoxy groups -OCH3 is 1. The standard InChI is InChI=1S/C23H31N3O5/c1-16(2)15-26(10-9-22(27)24-14-19-8-5-11-30-19)23(28)20-13-21(31-25-20)17-6-4-7-18(12-17)29-3/h4,6-7,12-13,16,19H,5,8-11,14-15H2,1-3H3,(H,24,27). The Morgan fingerprint density at radius 1 is 1.32 bits per heavy atom. The SMILES string of the molecule is COc1cccc(-c2cc(C(=O)N(CCC(=O)NCC3CCCO3)CC(C)C)no2)c1. The fraction of sp³-hybridized carbons (Fsp3) is 0.522. The second-order valence-electron chi connectivity index (χ2n) is 8.14. The molecule has 1 saturated heterocycles. The van der Waals surface area contributed by atoms with E-state index < -0.39 is 0 Å². The maximum absolute atomic E-state index is 13.1. The van der Waals surface area contributed by atoms with Gasteiger partial charge in [0, 0.05) is 44.3 Å². The van der Waals surface area contributed by atoms with Crippen LogP contribution in [0.2, 0.25) is 0 Å². The number of rotatable bonds is 10. The van der Waals surface area contributed by atoms with Crippen LogP contribution in [0.25, 0.3) is 11.3 Å². The van der Waals surface area contributed by atoms with Crippen molar-refractivity contribution in [3.8, 4) is 17.1 Å². The van der Waals surface area contributed by atoms with E-state index in [-0.39, 0.29) is 36.0 Å². The van der Waals surface area contributed by atoms with Gasteiger partial charge in [-0.25, -0.2) is 0 Å². The fourth-order valence-corrected chi connectivity index (χ4v) is 3.52. The normalized spacial score (nSPS) is 15.8. The van der Waals surface area contributed by atoms with Crippen LogP contribution < -0.4 is 10.1 Å². The van der Waals surface area contributed by atoms with Crippen molar-refractivity contribution in [1.29, 1.82) is 0 Å². The van der Waals surface area contributed by atoms with Crippen LogP contribution in [-0.4, -0.2) is 61.3 Å². The number of aromatic nitrogens is 1. The molecule has 0 aliphatic carbocycles. The van der Waals surface area contributed by atoms with Gasteiger partial charge in [0.15, 0.2) is 11.5 Å². The molecule has 1 N–H and O–H groups in total. The van der Waals surface area contributed by atoms with Crippen LogP contribution in [0.5, 0.6) is 5.75 Å². The molecular weight excluding hydrogens is 398 g/mol. The van der Waals surface area contributed by atoms with Gasteiger partial charge in [0.05, 0.1) is 13.2 Å². The molecule has 1 unspecified atom stereocenters. The number of hydrogen-bond acceptors (Lipinski definition) is 6. The Labute approximate surface area is 182 Å². The van der Waals surface area contributed by atoms with Crippen LogP contribution in [0.3, 0.4) is 0 Å². The number of benzene rings is 1. The zero-order chi connectivity index (χ0) is 22.2. The van der Waals surface area contributed by atoms with Gasteiger partial charge in [-0.2, -0.15) is 0 Å². The first-order valence-corrected chi connectivity index (χ1v) is 10.7. The molecule has 1 aliphatic heterocycles. The van der Waals surface area contributed by atoms with Gasteiger partial charge in [-0.3, -0.25) is 9.59 Å². The van der Waals surface area contributed by atoms with Gasteiger partial charge in [0.2, 0.25) is 5.91 Å². The molecule has 1 atom stereocenters. The van der Waals surface area contributed by atoms with Crippen LogP contribution >= 0.6 is 0 Å². The highest BCUT2D eigenvalue weighted by Crippen LogP contribution is 2.25. The molecule has 1 fully saturated rings. The first kappa shape index (κ1) is 22.8. The van der Waals surface area contributed by atoms with Crippen LogP contribution in [0.4, 0.5) is 0 Å². The van der Waals surface area contributed by atoms with Gasteiger partial charge in [0.25, 0.3) is 5.91 Å². The zero-order valence-electron chi connectivity index (χ0n) is 18.4. The molecule has 2 amide bonds. The maximum atomic E-state index is 13.1. The largest absolute Gasteiger partial charge is 0.497 e. The predicted molar refractivity (Wildman–Crippen MR) is 116 cm³/mol. The van der Waals surface area contributed by atoms with Gasteiger partial charge in [-0.1, -0.05) is 31.1 Å². The third kappa shape index (κ3) is 6.55. The predicted octanol–water partition coefficient (Wildman–Crippen LogP) is 3.13. The molecule has 1 aromatic heterocycles. The summed E-state index contributed by atoms with van der Waals surface area (Å²) >= 11 is 0. The fourth-order valence-electron chi connectivity index (χ4n) is 3.52. The van der Waals surface area contributed by atoms with Crippen molar-refractivity contribution in [2.75, 3.05) is 33.4 Å². The number of nitrogens with one attached hydrogen (secondary N) is 1. The van der Waals surface area contributed by atoms with E-state index in [0.717, 1.165) is 25.0 Å². The van der Waals surface area contributed by atoms with Gasteiger partial charge in [-0.15, -0.1) is 0 Å². The van der Waals surface area contributed by atoms with E-state index in [4.69, 9.17) is 14.0 Å². The van der Waals surface area contributed by atoms with E-state index in [1.807, 2.05) is 38.1 Å². The molecule has 8 nitrogen and oxygen atoms in total. The quantitative estimate of drug-likeness (QED) is 0.624. The molecule has 0 saturated carbocycles. The van der Waals surface area contributed by atoms with E-state index in [9.17, 15) is 9.59 Å². The van der Waals surface area contributed by atoms with Gasteiger partial charge < -0.3 is 24.2 Å². The second kappa shape index (κ2) is 10.9. The molecule has 31 heavy (non-hydrogen) atoms. The Morgan fingerprint density at radius 3 is 2.87 bits per heavy atom. The first-order chi connectivity index (χ1) is 15.0. The number of carbonyl (C=O) groups is 2. The lowest BCUT2D eigenvalue weighted by Gasteiger charge is -2.23. The van der Waals surface area contributed by atoms with Crippen molar-refractivity contribution in [1.82, 2.24) is 15.4 Å².